The van der Waals surface area contributed by atoms with E-state index in [0.717, 1.165) is 10.6 Å². The maximum absolute atomic E-state index is 8.90. The third-order valence-electron chi connectivity index (χ3n) is 1.49. The fraction of sp³-hybridized carbons (Fsp3) is 0.222. The minimum absolute atomic E-state index is 0.478. The van der Waals surface area contributed by atoms with E-state index in [0.29, 0.717) is 12.1 Å². The van der Waals surface area contributed by atoms with E-state index in [1.54, 1.807) is 19.2 Å². The van der Waals surface area contributed by atoms with E-state index in [-0.39, 0.29) is 0 Å². The molecule has 1 aromatic rings. The molecule has 62 valence electrons. The van der Waals surface area contributed by atoms with E-state index in [1.807, 2.05) is 18.2 Å². The van der Waals surface area contributed by atoms with E-state index in [9.17, 15) is 0 Å². The van der Waals surface area contributed by atoms with E-state index in [4.69, 9.17) is 10.5 Å². The molecule has 0 saturated heterocycles. The summed E-state index contributed by atoms with van der Waals surface area (Å²) in [4.78, 5) is 0. The van der Waals surface area contributed by atoms with E-state index < -0.39 is 0 Å². The lowest BCUT2D eigenvalue weighted by Gasteiger charge is -2.06. The van der Waals surface area contributed by atoms with Gasteiger partial charge in [0.25, 0.3) is 0 Å². The zero-order valence-corrected chi connectivity index (χ0v) is 6.86. The Morgan fingerprint density at radius 1 is 1.42 bits per heavy atom. The first-order valence-corrected chi connectivity index (χ1v) is 3.61. The van der Waals surface area contributed by atoms with Crippen molar-refractivity contribution in [1.29, 1.82) is 5.26 Å². The highest BCUT2D eigenvalue weighted by atomic mass is 16.5. The zero-order chi connectivity index (χ0) is 8.97. The SMILES string of the molecule is CN(O)Cc1ccc(C#N)cc1. The Labute approximate surface area is 71.4 Å². The number of hydrogen-bond donors (Lipinski definition) is 1. The molecule has 0 aliphatic rings. The summed E-state index contributed by atoms with van der Waals surface area (Å²) in [7, 11) is 1.58. The van der Waals surface area contributed by atoms with Gasteiger partial charge in [0.1, 0.15) is 0 Å². The van der Waals surface area contributed by atoms with Crippen LogP contribution in [-0.2, 0) is 6.54 Å². The van der Waals surface area contributed by atoms with Crippen molar-refractivity contribution < 1.29 is 5.21 Å². The molecule has 0 aliphatic carbocycles. The molecule has 1 aromatic carbocycles. The number of rotatable bonds is 2. The number of benzene rings is 1. The molecule has 0 heterocycles. The van der Waals surface area contributed by atoms with Gasteiger partial charge in [-0.15, -0.1) is 0 Å². The van der Waals surface area contributed by atoms with Gasteiger partial charge in [-0.25, -0.2) is 0 Å². The maximum Gasteiger partial charge on any atom is 0.0991 e. The second kappa shape index (κ2) is 3.86. The highest BCUT2D eigenvalue weighted by molar-refractivity contribution is 5.31. The van der Waals surface area contributed by atoms with Crippen LogP contribution in [0.4, 0.5) is 0 Å². The number of nitriles is 1. The van der Waals surface area contributed by atoms with Crippen LogP contribution < -0.4 is 0 Å². The molecule has 3 heteroatoms. The number of hydrogen-bond acceptors (Lipinski definition) is 3. The van der Waals surface area contributed by atoms with Crippen LogP contribution in [0.25, 0.3) is 0 Å². The van der Waals surface area contributed by atoms with Gasteiger partial charge in [-0.05, 0) is 17.7 Å². The monoisotopic (exact) mass is 162 g/mol. The third-order valence-corrected chi connectivity index (χ3v) is 1.49. The van der Waals surface area contributed by atoms with Gasteiger partial charge in [0.05, 0.1) is 11.6 Å². The minimum Gasteiger partial charge on any atom is -0.314 e. The van der Waals surface area contributed by atoms with Gasteiger partial charge in [0, 0.05) is 13.6 Å². The molecule has 3 nitrogen and oxygen atoms in total. The molecule has 0 aliphatic heterocycles. The first kappa shape index (κ1) is 8.72. The molecule has 0 aromatic heterocycles. The van der Waals surface area contributed by atoms with Crippen molar-refractivity contribution in [2.75, 3.05) is 7.05 Å². The maximum atomic E-state index is 8.90. The van der Waals surface area contributed by atoms with Crippen molar-refractivity contribution in [2.24, 2.45) is 0 Å². The molecule has 1 N–H and O–H groups in total. The smallest absolute Gasteiger partial charge is 0.0991 e. The Kier molecular flexibility index (Phi) is 2.81. The van der Waals surface area contributed by atoms with Gasteiger partial charge in [-0.1, -0.05) is 12.1 Å². The summed E-state index contributed by atoms with van der Waals surface area (Å²) in [6, 6.07) is 9.15. The van der Waals surface area contributed by atoms with Crippen LogP contribution in [0.15, 0.2) is 24.3 Å². The second-order valence-electron chi connectivity index (χ2n) is 2.62. The molecule has 0 amide bonds. The lowest BCUT2D eigenvalue weighted by Crippen LogP contribution is -2.11. The van der Waals surface area contributed by atoms with Gasteiger partial charge in [-0.2, -0.15) is 10.3 Å². The quantitative estimate of drug-likeness (QED) is 0.668. The van der Waals surface area contributed by atoms with Crippen LogP contribution in [0.5, 0.6) is 0 Å². The highest BCUT2D eigenvalue weighted by Crippen LogP contribution is 2.04. The summed E-state index contributed by atoms with van der Waals surface area (Å²) < 4.78 is 0. The Morgan fingerprint density at radius 3 is 2.42 bits per heavy atom. The van der Waals surface area contributed by atoms with Crippen molar-refractivity contribution in [2.45, 2.75) is 6.54 Å². The summed E-state index contributed by atoms with van der Waals surface area (Å²) in [5, 5.41) is 18.5. The van der Waals surface area contributed by atoms with Crippen LogP contribution in [0.3, 0.4) is 0 Å². The summed E-state index contributed by atoms with van der Waals surface area (Å²) >= 11 is 0. The highest BCUT2D eigenvalue weighted by Gasteiger charge is 1.95. The number of nitrogens with zero attached hydrogens (tertiary/aromatic N) is 2. The Balaban J connectivity index is 2.73. The fourth-order valence-corrected chi connectivity index (χ4v) is 0.949. The second-order valence-corrected chi connectivity index (χ2v) is 2.62. The lowest BCUT2D eigenvalue weighted by atomic mass is 10.1. The van der Waals surface area contributed by atoms with Crippen molar-refractivity contribution in [3.63, 3.8) is 0 Å². The van der Waals surface area contributed by atoms with Gasteiger partial charge < -0.3 is 5.21 Å². The van der Waals surface area contributed by atoms with Gasteiger partial charge in [0.2, 0.25) is 0 Å². The van der Waals surface area contributed by atoms with Crippen LogP contribution in [0, 0.1) is 11.3 Å². The Bertz CT molecular complexity index is 284. The average molecular weight is 162 g/mol. The molecular formula is C9H10N2O. The first-order valence-electron chi connectivity index (χ1n) is 3.61. The zero-order valence-electron chi connectivity index (χ0n) is 6.86. The largest absolute Gasteiger partial charge is 0.314 e. The predicted molar refractivity (Wildman–Crippen MR) is 44.4 cm³/mol. The molecule has 0 bridgehead atoms. The Hall–Kier alpha value is -1.37. The van der Waals surface area contributed by atoms with Crippen molar-refractivity contribution in [3.05, 3.63) is 35.4 Å². The summed E-state index contributed by atoms with van der Waals surface area (Å²) in [6.45, 7) is 0.478. The number of hydroxylamine groups is 2. The topological polar surface area (TPSA) is 47.3 Å². The van der Waals surface area contributed by atoms with E-state index >= 15 is 0 Å². The van der Waals surface area contributed by atoms with Gasteiger partial charge >= 0.3 is 0 Å². The molecule has 0 radical (unpaired) electrons. The molecule has 0 unspecified atom stereocenters. The summed E-state index contributed by atoms with van der Waals surface area (Å²) in [5.74, 6) is 0. The van der Waals surface area contributed by atoms with Crippen LogP contribution in [0.2, 0.25) is 0 Å². The molecule has 1 rings (SSSR count). The van der Waals surface area contributed by atoms with Crippen molar-refractivity contribution in [3.8, 4) is 6.07 Å². The summed E-state index contributed by atoms with van der Waals surface area (Å²) in [6.07, 6.45) is 0. The first-order chi connectivity index (χ1) is 5.72. The van der Waals surface area contributed by atoms with Crippen molar-refractivity contribution in [1.82, 2.24) is 5.06 Å². The fourth-order valence-electron chi connectivity index (χ4n) is 0.949. The molecular weight excluding hydrogens is 152 g/mol. The molecule has 0 spiro atoms. The molecule has 0 atom stereocenters. The van der Waals surface area contributed by atoms with Crippen LogP contribution in [0.1, 0.15) is 11.1 Å². The molecule has 12 heavy (non-hydrogen) atoms. The normalized spacial score (nSPS) is 9.83. The van der Waals surface area contributed by atoms with E-state index in [2.05, 4.69) is 0 Å². The third kappa shape index (κ3) is 2.35. The Morgan fingerprint density at radius 2 is 2.00 bits per heavy atom. The minimum atomic E-state index is 0.478. The van der Waals surface area contributed by atoms with E-state index in [1.165, 1.54) is 0 Å². The lowest BCUT2D eigenvalue weighted by molar-refractivity contribution is -0.0731. The average Bonchev–Trinajstić information content (AvgIpc) is 2.05. The van der Waals surface area contributed by atoms with Crippen molar-refractivity contribution >= 4 is 0 Å². The van der Waals surface area contributed by atoms with Crippen LogP contribution >= 0.6 is 0 Å². The molecule has 0 saturated carbocycles. The standard InChI is InChI=1S/C9H10N2O/c1-11(12)7-9-4-2-8(6-10)3-5-9/h2-5,12H,7H2,1H3. The van der Waals surface area contributed by atoms with Crippen LogP contribution in [-0.4, -0.2) is 17.3 Å². The van der Waals surface area contributed by atoms with Gasteiger partial charge in [0.15, 0.2) is 0 Å². The predicted octanol–water partition coefficient (Wildman–Crippen LogP) is 1.38. The molecule has 0 fully saturated rings. The summed E-state index contributed by atoms with van der Waals surface area (Å²) in [5.41, 5.74) is 1.62. The van der Waals surface area contributed by atoms with Gasteiger partial charge in [-0.3, -0.25) is 0 Å².